The fraction of sp³-hybridized carbons (Fsp3) is 0.400. The summed E-state index contributed by atoms with van der Waals surface area (Å²) in [5.74, 6) is -1.13. The Morgan fingerprint density at radius 2 is 1.85 bits per heavy atom. The van der Waals surface area contributed by atoms with Gasteiger partial charge in [-0.2, -0.15) is 5.10 Å². The summed E-state index contributed by atoms with van der Waals surface area (Å²) in [6.07, 6.45) is 2.48. The molecule has 0 heterocycles. The first-order valence-electron chi connectivity index (χ1n) is 6.73. The Morgan fingerprint density at radius 1 is 1.20 bits per heavy atom. The summed E-state index contributed by atoms with van der Waals surface area (Å²) in [6.45, 7) is 6.46. The van der Waals surface area contributed by atoms with Gasteiger partial charge in [0.1, 0.15) is 0 Å². The summed E-state index contributed by atoms with van der Waals surface area (Å²) < 4.78 is 0. The number of aryl methyl sites for hydroxylation is 1. The third kappa shape index (κ3) is 5.65. The van der Waals surface area contributed by atoms with Gasteiger partial charge in [0.15, 0.2) is 0 Å². The Labute approximate surface area is 119 Å². The molecule has 20 heavy (non-hydrogen) atoms. The van der Waals surface area contributed by atoms with Crippen molar-refractivity contribution in [3.05, 3.63) is 35.4 Å². The number of benzene rings is 1. The largest absolute Gasteiger partial charge is 0.348 e. The fourth-order valence-electron chi connectivity index (χ4n) is 1.43. The van der Waals surface area contributed by atoms with Gasteiger partial charge in [-0.3, -0.25) is 9.59 Å². The average Bonchev–Trinajstić information content (AvgIpc) is 2.45. The number of nitrogens with one attached hydrogen (secondary N) is 2. The van der Waals surface area contributed by atoms with Crippen LogP contribution in [0.25, 0.3) is 0 Å². The highest BCUT2D eigenvalue weighted by Crippen LogP contribution is 2.02. The zero-order valence-electron chi connectivity index (χ0n) is 12.1. The zero-order chi connectivity index (χ0) is 15.0. The molecule has 0 saturated carbocycles. The second-order valence-corrected chi connectivity index (χ2v) is 4.90. The number of amides is 2. The summed E-state index contributed by atoms with van der Waals surface area (Å²) in [5, 5.41) is 6.28. The first-order valence-corrected chi connectivity index (χ1v) is 6.73. The molecule has 0 radical (unpaired) electrons. The van der Waals surface area contributed by atoms with Crippen molar-refractivity contribution in [3.8, 4) is 0 Å². The molecule has 108 valence electrons. The van der Waals surface area contributed by atoms with Crippen molar-refractivity contribution in [2.24, 2.45) is 11.0 Å². The van der Waals surface area contributed by atoms with E-state index in [0.29, 0.717) is 12.5 Å². The summed E-state index contributed by atoms with van der Waals surface area (Å²) in [7, 11) is 0. The molecule has 0 aliphatic heterocycles. The summed E-state index contributed by atoms with van der Waals surface area (Å²) >= 11 is 0. The maximum absolute atomic E-state index is 11.4. The number of carbonyl (C=O) groups excluding carboxylic acids is 2. The Hall–Kier alpha value is -2.17. The number of hydrogen-bond donors (Lipinski definition) is 2. The number of carbonyl (C=O) groups is 2. The molecule has 0 bridgehead atoms. The Balaban J connectivity index is 2.42. The van der Waals surface area contributed by atoms with Gasteiger partial charge in [-0.1, -0.05) is 45.0 Å². The van der Waals surface area contributed by atoms with E-state index < -0.39 is 11.8 Å². The molecule has 0 atom stereocenters. The van der Waals surface area contributed by atoms with Gasteiger partial charge in [0, 0.05) is 6.54 Å². The second kappa shape index (κ2) is 8.09. The number of hydrogen-bond acceptors (Lipinski definition) is 3. The Morgan fingerprint density at radius 3 is 2.40 bits per heavy atom. The normalized spacial score (nSPS) is 10.8. The van der Waals surface area contributed by atoms with Gasteiger partial charge in [-0.15, -0.1) is 0 Å². The minimum absolute atomic E-state index is 0.298. The van der Waals surface area contributed by atoms with Crippen molar-refractivity contribution in [2.45, 2.75) is 27.2 Å². The molecule has 0 saturated heterocycles. The predicted molar refractivity (Wildman–Crippen MR) is 79.4 cm³/mol. The van der Waals surface area contributed by atoms with E-state index in [1.807, 2.05) is 38.1 Å². The van der Waals surface area contributed by atoms with Crippen LogP contribution in [-0.4, -0.2) is 24.6 Å². The van der Waals surface area contributed by atoms with E-state index in [9.17, 15) is 9.59 Å². The van der Waals surface area contributed by atoms with Crippen LogP contribution in [0.3, 0.4) is 0 Å². The highest BCUT2D eigenvalue weighted by molar-refractivity contribution is 6.35. The lowest BCUT2D eigenvalue weighted by Crippen LogP contribution is -2.39. The van der Waals surface area contributed by atoms with Crippen molar-refractivity contribution >= 4 is 18.0 Å². The minimum Gasteiger partial charge on any atom is -0.348 e. The van der Waals surface area contributed by atoms with Gasteiger partial charge in [-0.05, 0) is 23.5 Å². The highest BCUT2D eigenvalue weighted by atomic mass is 16.2. The van der Waals surface area contributed by atoms with Gasteiger partial charge in [0.25, 0.3) is 0 Å². The van der Waals surface area contributed by atoms with Gasteiger partial charge in [-0.25, -0.2) is 5.43 Å². The zero-order valence-corrected chi connectivity index (χ0v) is 12.1. The third-order valence-corrected chi connectivity index (χ3v) is 2.64. The Kier molecular flexibility index (Phi) is 6.43. The lowest BCUT2D eigenvalue weighted by molar-refractivity contribution is -0.139. The number of nitrogens with zero attached hydrogens (tertiary/aromatic N) is 1. The lowest BCUT2D eigenvalue weighted by atomic mass is 10.1. The van der Waals surface area contributed by atoms with E-state index in [-0.39, 0.29) is 0 Å². The average molecular weight is 275 g/mol. The third-order valence-electron chi connectivity index (χ3n) is 2.64. The monoisotopic (exact) mass is 275 g/mol. The molecule has 0 aliphatic carbocycles. The molecule has 0 spiro atoms. The van der Waals surface area contributed by atoms with Crippen molar-refractivity contribution in [3.63, 3.8) is 0 Å². The highest BCUT2D eigenvalue weighted by Gasteiger charge is 2.11. The molecule has 0 unspecified atom stereocenters. The van der Waals surface area contributed by atoms with E-state index in [4.69, 9.17) is 0 Å². The molecule has 0 aliphatic rings. The maximum atomic E-state index is 11.4. The summed E-state index contributed by atoms with van der Waals surface area (Å²) in [6, 6.07) is 7.82. The molecule has 5 nitrogen and oxygen atoms in total. The molecule has 1 aromatic rings. The van der Waals surface area contributed by atoms with Crippen LogP contribution < -0.4 is 10.7 Å². The van der Waals surface area contributed by atoms with Gasteiger partial charge in [0.2, 0.25) is 0 Å². The van der Waals surface area contributed by atoms with E-state index in [1.165, 1.54) is 11.8 Å². The molecule has 0 aromatic heterocycles. The van der Waals surface area contributed by atoms with Crippen molar-refractivity contribution < 1.29 is 9.59 Å². The van der Waals surface area contributed by atoms with Crippen LogP contribution in [0.15, 0.2) is 29.4 Å². The van der Waals surface area contributed by atoms with Crippen molar-refractivity contribution in [1.82, 2.24) is 10.7 Å². The van der Waals surface area contributed by atoms with Crippen LogP contribution in [-0.2, 0) is 16.0 Å². The topological polar surface area (TPSA) is 70.6 Å². The lowest BCUT2D eigenvalue weighted by Gasteiger charge is -2.05. The molecular formula is C15H21N3O2. The van der Waals surface area contributed by atoms with Crippen LogP contribution in [0, 0.1) is 5.92 Å². The smallest absolute Gasteiger partial charge is 0.329 e. The van der Waals surface area contributed by atoms with Crippen LogP contribution in [0.4, 0.5) is 0 Å². The quantitative estimate of drug-likeness (QED) is 0.485. The minimum atomic E-state index is -0.757. The fourth-order valence-corrected chi connectivity index (χ4v) is 1.43. The van der Waals surface area contributed by atoms with Crippen LogP contribution in [0.5, 0.6) is 0 Å². The number of rotatable bonds is 5. The molecule has 1 aromatic carbocycles. The van der Waals surface area contributed by atoms with E-state index in [2.05, 4.69) is 22.8 Å². The van der Waals surface area contributed by atoms with E-state index >= 15 is 0 Å². The van der Waals surface area contributed by atoms with Gasteiger partial charge >= 0.3 is 11.8 Å². The maximum Gasteiger partial charge on any atom is 0.329 e. The van der Waals surface area contributed by atoms with Crippen molar-refractivity contribution in [2.75, 3.05) is 6.54 Å². The first kappa shape index (κ1) is 15.9. The first-order chi connectivity index (χ1) is 9.52. The molecule has 5 heteroatoms. The molecule has 1 rings (SSSR count). The van der Waals surface area contributed by atoms with Gasteiger partial charge < -0.3 is 5.32 Å². The van der Waals surface area contributed by atoms with E-state index in [1.54, 1.807) is 0 Å². The SMILES string of the molecule is CCc1ccc(/C=N/NC(=O)C(=O)NCC(C)C)cc1. The number of hydrazone groups is 1. The van der Waals surface area contributed by atoms with Crippen LogP contribution in [0.2, 0.25) is 0 Å². The summed E-state index contributed by atoms with van der Waals surface area (Å²) in [4.78, 5) is 22.8. The van der Waals surface area contributed by atoms with Crippen LogP contribution in [0.1, 0.15) is 31.9 Å². The van der Waals surface area contributed by atoms with Crippen LogP contribution >= 0.6 is 0 Å². The van der Waals surface area contributed by atoms with E-state index in [0.717, 1.165) is 12.0 Å². The predicted octanol–water partition coefficient (Wildman–Crippen LogP) is 1.47. The second-order valence-electron chi connectivity index (χ2n) is 4.90. The van der Waals surface area contributed by atoms with Gasteiger partial charge in [0.05, 0.1) is 6.21 Å². The van der Waals surface area contributed by atoms with Crippen molar-refractivity contribution in [1.29, 1.82) is 0 Å². The summed E-state index contributed by atoms with van der Waals surface area (Å²) in [5.41, 5.74) is 4.30. The molecular weight excluding hydrogens is 254 g/mol. The Bertz CT molecular complexity index is 478. The molecule has 2 amide bonds. The standard InChI is InChI=1S/C15H21N3O2/c1-4-12-5-7-13(8-6-12)10-17-18-15(20)14(19)16-9-11(2)3/h5-8,10-11H,4,9H2,1-3H3,(H,16,19)(H,18,20)/b17-10+. The molecule has 2 N–H and O–H groups in total. The molecule has 0 fully saturated rings.